The Morgan fingerprint density at radius 2 is 1.75 bits per heavy atom. The number of sulfone groups is 1. The average molecular weight is 401 g/mol. The molecule has 0 unspecified atom stereocenters. The zero-order valence-corrected chi connectivity index (χ0v) is 16.7. The first-order valence-corrected chi connectivity index (χ1v) is 11.2. The minimum absolute atomic E-state index is 0.0953. The summed E-state index contributed by atoms with van der Waals surface area (Å²) in [5.41, 5.74) is 4.10. The maximum Gasteiger partial charge on any atom is 0.338 e. The smallest absolute Gasteiger partial charge is 0.338 e. The van der Waals surface area contributed by atoms with Crippen LogP contribution < -0.4 is 5.32 Å². The molecule has 0 aliphatic heterocycles. The quantitative estimate of drug-likeness (QED) is 0.752. The second-order valence-corrected chi connectivity index (χ2v) is 9.28. The van der Waals surface area contributed by atoms with Gasteiger partial charge in [-0.2, -0.15) is 0 Å². The lowest BCUT2D eigenvalue weighted by Gasteiger charge is -2.14. The highest BCUT2D eigenvalue weighted by Crippen LogP contribution is 2.25. The fourth-order valence-corrected chi connectivity index (χ4v) is 4.01. The van der Waals surface area contributed by atoms with E-state index in [9.17, 15) is 18.0 Å². The first-order chi connectivity index (χ1) is 13.2. The van der Waals surface area contributed by atoms with E-state index in [1.807, 2.05) is 18.2 Å². The summed E-state index contributed by atoms with van der Waals surface area (Å²) in [5.74, 6) is -1.13. The number of rotatable bonds is 6. The lowest BCUT2D eigenvalue weighted by molar-refractivity contribution is -0.123. The van der Waals surface area contributed by atoms with Gasteiger partial charge in [0.15, 0.2) is 15.9 Å². The molecular formula is C21H23NO5S. The van der Waals surface area contributed by atoms with Gasteiger partial charge in [0.1, 0.15) is 0 Å². The molecule has 3 rings (SSSR count). The van der Waals surface area contributed by atoms with Gasteiger partial charge in [0.2, 0.25) is 0 Å². The lowest BCUT2D eigenvalue weighted by atomic mass is 10.1. The van der Waals surface area contributed by atoms with Crippen LogP contribution in [0.2, 0.25) is 0 Å². The fourth-order valence-electron chi connectivity index (χ4n) is 3.22. The molecule has 0 aromatic heterocycles. The van der Waals surface area contributed by atoms with E-state index in [0.717, 1.165) is 25.5 Å². The number of amides is 1. The Bertz CT molecular complexity index is 996. The van der Waals surface area contributed by atoms with Crippen molar-refractivity contribution in [1.82, 2.24) is 0 Å². The van der Waals surface area contributed by atoms with Crippen LogP contribution in [-0.4, -0.2) is 32.7 Å². The molecule has 0 fully saturated rings. The molecule has 2 aromatic rings. The van der Waals surface area contributed by atoms with E-state index in [2.05, 4.69) is 5.32 Å². The van der Waals surface area contributed by atoms with Gasteiger partial charge >= 0.3 is 5.97 Å². The Balaban J connectivity index is 1.58. The van der Waals surface area contributed by atoms with Crippen LogP contribution in [0.1, 0.15) is 40.4 Å². The molecule has 1 N–H and O–H groups in total. The molecule has 1 amide bonds. The molecule has 6 nitrogen and oxygen atoms in total. The van der Waals surface area contributed by atoms with Gasteiger partial charge in [-0.3, -0.25) is 4.79 Å². The summed E-state index contributed by atoms with van der Waals surface area (Å²) in [7, 11) is -3.14. The Morgan fingerprint density at radius 1 is 1.07 bits per heavy atom. The minimum Gasteiger partial charge on any atom is -0.449 e. The highest BCUT2D eigenvalue weighted by atomic mass is 32.2. The topological polar surface area (TPSA) is 89.5 Å². The number of carbonyl (C=O) groups is 2. The number of fused-ring (bicyclic) bond motifs is 1. The molecule has 1 aliphatic carbocycles. The van der Waals surface area contributed by atoms with Crippen molar-refractivity contribution in [3.63, 3.8) is 0 Å². The molecule has 1 aliphatic rings. The minimum atomic E-state index is -3.14. The van der Waals surface area contributed by atoms with Crippen LogP contribution in [0, 0.1) is 0 Å². The van der Waals surface area contributed by atoms with Gasteiger partial charge in [-0.25, -0.2) is 13.2 Å². The van der Waals surface area contributed by atoms with Crippen molar-refractivity contribution in [2.75, 3.05) is 11.6 Å². The molecule has 1 atom stereocenters. The normalized spacial score (nSPS) is 14.2. The number of ether oxygens (including phenoxy) is 1. The number of hydrogen-bond donors (Lipinski definition) is 1. The summed E-state index contributed by atoms with van der Waals surface area (Å²) in [5, 5.41) is 2.78. The van der Waals surface area contributed by atoms with Gasteiger partial charge in [0.05, 0.1) is 11.3 Å². The number of hydrogen-bond acceptors (Lipinski definition) is 5. The molecule has 148 valence electrons. The van der Waals surface area contributed by atoms with E-state index >= 15 is 0 Å². The summed E-state index contributed by atoms with van der Waals surface area (Å²) in [6.07, 6.45) is 3.40. The van der Waals surface area contributed by atoms with Crippen LogP contribution in [0.5, 0.6) is 0 Å². The number of nitrogens with one attached hydrogen (secondary N) is 1. The van der Waals surface area contributed by atoms with E-state index < -0.39 is 27.8 Å². The monoisotopic (exact) mass is 401 g/mol. The molecule has 0 saturated carbocycles. The summed E-state index contributed by atoms with van der Waals surface area (Å²) < 4.78 is 27.9. The molecule has 0 saturated heterocycles. The first kappa shape index (κ1) is 20.1. The summed E-state index contributed by atoms with van der Waals surface area (Å²) >= 11 is 0. The van der Waals surface area contributed by atoms with Gasteiger partial charge in [-0.05, 0) is 67.1 Å². The van der Waals surface area contributed by atoms with Crippen LogP contribution in [0.3, 0.4) is 0 Å². The van der Waals surface area contributed by atoms with Crippen molar-refractivity contribution >= 4 is 27.4 Å². The van der Waals surface area contributed by atoms with Crippen molar-refractivity contribution in [3.05, 3.63) is 64.7 Å². The first-order valence-electron chi connectivity index (χ1n) is 9.11. The van der Waals surface area contributed by atoms with Crippen molar-refractivity contribution in [2.45, 2.75) is 38.0 Å². The van der Waals surface area contributed by atoms with Crippen LogP contribution in [0.15, 0.2) is 42.5 Å². The van der Waals surface area contributed by atoms with E-state index in [1.165, 1.54) is 30.2 Å². The largest absolute Gasteiger partial charge is 0.449 e. The van der Waals surface area contributed by atoms with E-state index in [1.54, 1.807) is 12.1 Å². The summed E-state index contributed by atoms with van der Waals surface area (Å²) in [6, 6.07) is 12.0. The van der Waals surface area contributed by atoms with Gasteiger partial charge < -0.3 is 10.1 Å². The second-order valence-electron chi connectivity index (χ2n) is 7.14. The summed E-state index contributed by atoms with van der Waals surface area (Å²) in [6.45, 7) is 1.51. The van der Waals surface area contributed by atoms with E-state index in [4.69, 9.17) is 4.74 Å². The molecule has 28 heavy (non-hydrogen) atoms. The Labute approximate surface area is 164 Å². The molecule has 0 radical (unpaired) electrons. The van der Waals surface area contributed by atoms with Crippen LogP contribution in [0.4, 0.5) is 5.69 Å². The standard InChI is InChI=1S/C21H23NO5S/c1-14(20(23)22-19-11-10-16-4-3-5-18(16)12-19)27-21(24)17-8-6-15(7-9-17)13-28(2,25)26/h6-12,14H,3-5,13H2,1-2H3,(H,22,23)/t14-/m1/s1. The average Bonchev–Trinajstić information content (AvgIpc) is 3.08. The predicted octanol–water partition coefficient (Wildman–Crippen LogP) is 2.90. The van der Waals surface area contributed by atoms with Crippen molar-refractivity contribution in [2.24, 2.45) is 0 Å². The van der Waals surface area contributed by atoms with E-state index in [-0.39, 0.29) is 11.3 Å². The second kappa shape index (κ2) is 8.14. The number of esters is 1. The Hall–Kier alpha value is -2.67. The molecule has 0 spiro atoms. The third-order valence-corrected chi connectivity index (χ3v) is 5.50. The highest BCUT2D eigenvalue weighted by Gasteiger charge is 2.20. The van der Waals surface area contributed by atoms with Crippen molar-refractivity contribution in [3.8, 4) is 0 Å². The lowest BCUT2D eigenvalue weighted by Crippen LogP contribution is -2.30. The number of benzene rings is 2. The van der Waals surface area contributed by atoms with Gasteiger partial charge in [-0.1, -0.05) is 18.2 Å². The Kier molecular flexibility index (Phi) is 5.84. The third-order valence-electron chi connectivity index (χ3n) is 4.64. The van der Waals surface area contributed by atoms with Crippen molar-refractivity contribution < 1.29 is 22.7 Å². The van der Waals surface area contributed by atoms with Gasteiger partial charge in [0, 0.05) is 11.9 Å². The zero-order chi connectivity index (χ0) is 20.3. The third kappa shape index (κ3) is 5.19. The number of aryl methyl sites for hydroxylation is 2. The number of anilines is 1. The Morgan fingerprint density at radius 3 is 2.43 bits per heavy atom. The highest BCUT2D eigenvalue weighted by molar-refractivity contribution is 7.89. The molecule has 2 aromatic carbocycles. The van der Waals surface area contributed by atoms with Gasteiger partial charge in [0.25, 0.3) is 5.91 Å². The summed E-state index contributed by atoms with van der Waals surface area (Å²) in [4.78, 5) is 24.6. The molecular weight excluding hydrogens is 378 g/mol. The van der Waals surface area contributed by atoms with Crippen LogP contribution in [0.25, 0.3) is 0 Å². The maximum absolute atomic E-state index is 12.3. The van der Waals surface area contributed by atoms with Crippen molar-refractivity contribution in [1.29, 1.82) is 0 Å². The number of carbonyl (C=O) groups excluding carboxylic acids is 2. The molecule has 0 bridgehead atoms. The van der Waals surface area contributed by atoms with Crippen LogP contribution >= 0.6 is 0 Å². The SMILES string of the molecule is C[C@@H](OC(=O)c1ccc(CS(C)(=O)=O)cc1)C(=O)Nc1ccc2c(c1)CCC2. The molecule has 0 heterocycles. The predicted molar refractivity (Wildman–Crippen MR) is 107 cm³/mol. The van der Waals surface area contributed by atoms with Gasteiger partial charge in [-0.15, -0.1) is 0 Å². The maximum atomic E-state index is 12.3. The zero-order valence-electron chi connectivity index (χ0n) is 15.9. The molecule has 7 heteroatoms. The van der Waals surface area contributed by atoms with E-state index in [0.29, 0.717) is 11.3 Å². The van der Waals surface area contributed by atoms with Crippen LogP contribution in [-0.2, 0) is 38.0 Å². The fraction of sp³-hybridized carbons (Fsp3) is 0.333.